The van der Waals surface area contributed by atoms with E-state index in [1.54, 1.807) is 13.0 Å². The molecule has 0 aromatic carbocycles. The zero-order valence-electron chi connectivity index (χ0n) is 16.1. The molecule has 0 spiro atoms. The molecular weight excluding hydrogens is 356 g/mol. The summed E-state index contributed by atoms with van der Waals surface area (Å²) in [4.78, 5) is 12.1. The van der Waals surface area contributed by atoms with E-state index in [0.717, 1.165) is 5.57 Å². The van der Waals surface area contributed by atoms with Gasteiger partial charge < -0.3 is 35.0 Å². The van der Waals surface area contributed by atoms with Gasteiger partial charge in [-0.1, -0.05) is 12.5 Å². The third-order valence-electron chi connectivity index (χ3n) is 5.66. The van der Waals surface area contributed by atoms with E-state index < -0.39 is 48.8 Å². The minimum atomic E-state index is -1.51. The predicted octanol–water partition coefficient (Wildman–Crippen LogP) is -0.494. The molecule has 1 heterocycles. The maximum absolute atomic E-state index is 12.1. The van der Waals surface area contributed by atoms with E-state index in [-0.39, 0.29) is 24.7 Å². The van der Waals surface area contributed by atoms with Crippen molar-refractivity contribution in [2.75, 3.05) is 13.2 Å². The van der Waals surface area contributed by atoms with Crippen molar-refractivity contribution in [3.8, 4) is 0 Å². The molecule has 1 aliphatic heterocycles. The van der Waals surface area contributed by atoms with Crippen molar-refractivity contribution in [2.45, 2.75) is 76.8 Å². The van der Waals surface area contributed by atoms with Gasteiger partial charge in [0.25, 0.3) is 0 Å². The highest BCUT2D eigenvalue weighted by atomic mass is 16.7. The molecule has 0 bridgehead atoms. The minimum absolute atomic E-state index is 0.00897. The number of aliphatic hydroxyl groups is 5. The molecule has 1 saturated heterocycles. The van der Waals surface area contributed by atoms with Gasteiger partial charge in [-0.25, -0.2) is 0 Å². The van der Waals surface area contributed by atoms with Crippen LogP contribution in [0.2, 0.25) is 0 Å². The van der Waals surface area contributed by atoms with Crippen LogP contribution in [0.5, 0.6) is 0 Å². The zero-order valence-corrected chi connectivity index (χ0v) is 16.1. The molecule has 0 aromatic heterocycles. The molecule has 0 aromatic rings. The lowest BCUT2D eigenvalue weighted by molar-refractivity contribution is -0.306. The molecule has 8 nitrogen and oxygen atoms in total. The number of hydrogen-bond donors (Lipinski definition) is 5. The Labute approximate surface area is 159 Å². The van der Waals surface area contributed by atoms with Crippen molar-refractivity contribution in [3.63, 3.8) is 0 Å². The van der Waals surface area contributed by atoms with Gasteiger partial charge in [0, 0.05) is 11.8 Å². The number of ether oxygens (including phenoxy) is 2. The van der Waals surface area contributed by atoms with E-state index in [2.05, 4.69) is 0 Å². The van der Waals surface area contributed by atoms with Crippen LogP contribution in [0.3, 0.4) is 0 Å². The summed E-state index contributed by atoms with van der Waals surface area (Å²) in [7, 11) is 0. The van der Waals surface area contributed by atoms with Crippen LogP contribution >= 0.6 is 0 Å². The molecule has 0 saturated carbocycles. The minimum Gasteiger partial charge on any atom is -0.394 e. The van der Waals surface area contributed by atoms with Crippen LogP contribution in [-0.4, -0.2) is 81.3 Å². The maximum atomic E-state index is 12.1. The number of ketones is 1. The van der Waals surface area contributed by atoms with Crippen LogP contribution in [0.4, 0.5) is 0 Å². The molecule has 8 heteroatoms. The van der Waals surface area contributed by atoms with E-state index >= 15 is 0 Å². The van der Waals surface area contributed by atoms with Crippen LogP contribution in [0.15, 0.2) is 11.6 Å². The first-order chi connectivity index (χ1) is 12.6. The summed E-state index contributed by atoms with van der Waals surface area (Å²) in [6.45, 7) is 5.07. The van der Waals surface area contributed by atoms with Gasteiger partial charge in [-0.05, 0) is 38.7 Å². The molecule has 0 radical (unpaired) electrons. The third kappa shape index (κ3) is 5.14. The van der Waals surface area contributed by atoms with Gasteiger partial charge in [-0.15, -0.1) is 0 Å². The Hall–Kier alpha value is -0.870. The lowest BCUT2D eigenvalue weighted by atomic mass is 9.65. The highest BCUT2D eigenvalue weighted by Crippen LogP contribution is 2.43. The standard InChI is InChI=1S/C19H32O8/c1-10-6-12(22)7-19(3,13(10)5-4-11(2)21)9-26-18-17(25)16(24)15(23)14(8-20)27-18/h6,11,13-18,20-21,23-25H,4-5,7-9H2,1-3H3/t11?,13-,14-,15-,16+,17-,18-,19+/m1/s1. The molecule has 2 rings (SSSR count). The molecule has 8 atom stereocenters. The molecule has 1 aliphatic carbocycles. The lowest BCUT2D eigenvalue weighted by Gasteiger charge is -2.44. The van der Waals surface area contributed by atoms with Gasteiger partial charge in [0.2, 0.25) is 0 Å². The van der Waals surface area contributed by atoms with Crippen LogP contribution in [0.25, 0.3) is 0 Å². The molecular formula is C19H32O8. The van der Waals surface area contributed by atoms with Crippen molar-refractivity contribution in [3.05, 3.63) is 11.6 Å². The molecule has 1 fully saturated rings. The Morgan fingerprint density at radius 1 is 1.30 bits per heavy atom. The number of aliphatic hydroxyl groups excluding tert-OH is 5. The van der Waals surface area contributed by atoms with Gasteiger partial charge in [-0.3, -0.25) is 4.79 Å². The summed E-state index contributed by atoms with van der Waals surface area (Å²) < 4.78 is 11.1. The second kappa shape index (κ2) is 9.09. The average Bonchev–Trinajstić information content (AvgIpc) is 2.58. The van der Waals surface area contributed by atoms with Crippen molar-refractivity contribution in [2.24, 2.45) is 11.3 Å². The number of hydrogen-bond acceptors (Lipinski definition) is 8. The van der Waals surface area contributed by atoms with Crippen molar-refractivity contribution >= 4 is 5.78 Å². The first kappa shape index (κ1) is 22.4. The third-order valence-corrected chi connectivity index (χ3v) is 5.66. The molecule has 1 unspecified atom stereocenters. The highest BCUT2D eigenvalue weighted by Gasteiger charge is 2.46. The number of carbonyl (C=O) groups is 1. The van der Waals surface area contributed by atoms with Crippen molar-refractivity contribution < 1.29 is 39.8 Å². The summed E-state index contributed by atoms with van der Waals surface area (Å²) >= 11 is 0. The number of allylic oxidation sites excluding steroid dienone is 2. The predicted molar refractivity (Wildman–Crippen MR) is 95.6 cm³/mol. The number of rotatable bonds is 7. The lowest BCUT2D eigenvalue weighted by Crippen LogP contribution is -2.59. The topological polar surface area (TPSA) is 137 Å². The second-order valence-corrected chi connectivity index (χ2v) is 8.17. The zero-order chi connectivity index (χ0) is 20.4. The van der Waals surface area contributed by atoms with Crippen molar-refractivity contribution in [1.29, 1.82) is 0 Å². The van der Waals surface area contributed by atoms with Crippen molar-refractivity contribution in [1.82, 2.24) is 0 Å². The first-order valence-electron chi connectivity index (χ1n) is 9.40. The summed E-state index contributed by atoms with van der Waals surface area (Å²) in [5.41, 5.74) is 0.357. The Bertz CT molecular complexity index is 546. The normalized spacial score (nSPS) is 41.3. The molecule has 0 amide bonds. The fraction of sp³-hybridized carbons (Fsp3) is 0.842. The molecule has 156 valence electrons. The van der Waals surface area contributed by atoms with Gasteiger partial charge in [0.05, 0.1) is 19.3 Å². The second-order valence-electron chi connectivity index (χ2n) is 8.17. The van der Waals surface area contributed by atoms with Gasteiger partial charge >= 0.3 is 0 Å². The van der Waals surface area contributed by atoms with E-state index in [1.165, 1.54) is 0 Å². The van der Waals surface area contributed by atoms with Gasteiger partial charge in [0.15, 0.2) is 12.1 Å². The van der Waals surface area contributed by atoms with Crippen LogP contribution in [-0.2, 0) is 14.3 Å². The first-order valence-corrected chi connectivity index (χ1v) is 9.40. The van der Waals surface area contributed by atoms with E-state index in [1.807, 2.05) is 13.8 Å². The van der Waals surface area contributed by atoms with Gasteiger partial charge in [-0.2, -0.15) is 0 Å². The van der Waals surface area contributed by atoms with Crippen LogP contribution < -0.4 is 0 Å². The average molecular weight is 388 g/mol. The fourth-order valence-electron chi connectivity index (χ4n) is 4.09. The van der Waals surface area contributed by atoms with Crippen LogP contribution in [0, 0.1) is 11.3 Å². The smallest absolute Gasteiger partial charge is 0.186 e. The summed E-state index contributed by atoms with van der Waals surface area (Å²) in [5.74, 6) is -0.00427. The van der Waals surface area contributed by atoms with E-state index in [0.29, 0.717) is 12.8 Å². The van der Waals surface area contributed by atoms with E-state index in [4.69, 9.17) is 9.47 Å². The molecule has 5 N–H and O–H groups in total. The quantitative estimate of drug-likeness (QED) is 0.394. The Morgan fingerprint density at radius 3 is 2.56 bits per heavy atom. The summed E-state index contributed by atoms with van der Waals surface area (Å²) in [6, 6.07) is 0. The molecule has 2 aliphatic rings. The Balaban J connectivity index is 2.10. The fourth-order valence-corrected chi connectivity index (χ4v) is 4.09. The Kier molecular flexibility index (Phi) is 7.54. The highest BCUT2D eigenvalue weighted by molar-refractivity contribution is 5.92. The SMILES string of the molecule is CC1=CC(=O)C[C@@](C)(CO[C@@H]2O[C@H](CO)[C@@H](O)[C@H](O)[C@H]2O)[C@@H]1CCC(C)O. The largest absolute Gasteiger partial charge is 0.394 e. The van der Waals surface area contributed by atoms with E-state index in [9.17, 15) is 30.3 Å². The summed E-state index contributed by atoms with van der Waals surface area (Å²) in [6.07, 6.45) is -3.99. The number of carbonyl (C=O) groups excluding carboxylic acids is 1. The maximum Gasteiger partial charge on any atom is 0.186 e. The monoisotopic (exact) mass is 388 g/mol. The van der Waals surface area contributed by atoms with Crippen LogP contribution in [0.1, 0.15) is 40.0 Å². The molecule has 27 heavy (non-hydrogen) atoms. The Morgan fingerprint density at radius 2 is 1.96 bits per heavy atom. The van der Waals surface area contributed by atoms with Gasteiger partial charge in [0.1, 0.15) is 24.4 Å². The summed E-state index contributed by atoms with van der Waals surface area (Å²) in [5, 5.41) is 48.8.